The number of hydrogen-bond acceptors (Lipinski definition) is 8. The van der Waals surface area contributed by atoms with Crippen LogP contribution >= 0.6 is 0 Å². The SMILES string of the molecule is COc1ccc(-c2ccc(O)c3c2C[C@H]2C[C@H]4CC(=O)C(C(=O)O)=C(O)[C@@]4(O)C(=O)C2=C3O)cc1. The van der Waals surface area contributed by atoms with E-state index in [1.54, 1.807) is 25.3 Å². The summed E-state index contributed by atoms with van der Waals surface area (Å²) in [6, 6.07) is 10.3. The molecule has 9 heteroatoms. The molecule has 0 amide bonds. The summed E-state index contributed by atoms with van der Waals surface area (Å²) in [4.78, 5) is 37.4. The fourth-order valence-corrected chi connectivity index (χ4v) is 5.63. The Balaban J connectivity index is 1.68. The molecule has 180 valence electrons. The Labute approximate surface area is 199 Å². The summed E-state index contributed by atoms with van der Waals surface area (Å²) in [5.41, 5.74) is -1.75. The first-order valence-corrected chi connectivity index (χ1v) is 11.0. The zero-order chi connectivity index (χ0) is 25.2. The van der Waals surface area contributed by atoms with Crippen molar-refractivity contribution in [3.8, 4) is 22.6 Å². The molecule has 1 saturated carbocycles. The number of aliphatic carboxylic acids is 1. The highest BCUT2D eigenvalue weighted by Gasteiger charge is 2.60. The Hall–Kier alpha value is -4.11. The van der Waals surface area contributed by atoms with Crippen LogP contribution in [0.15, 0.2) is 53.3 Å². The van der Waals surface area contributed by atoms with Crippen LogP contribution in [0.25, 0.3) is 16.9 Å². The molecule has 2 aromatic rings. The Morgan fingerprint density at radius 3 is 2.34 bits per heavy atom. The van der Waals surface area contributed by atoms with Gasteiger partial charge in [-0.25, -0.2) is 4.79 Å². The lowest BCUT2D eigenvalue weighted by atomic mass is 9.59. The van der Waals surface area contributed by atoms with E-state index >= 15 is 0 Å². The first-order valence-electron chi connectivity index (χ1n) is 11.0. The second-order valence-corrected chi connectivity index (χ2v) is 9.06. The molecule has 2 aromatic carbocycles. The molecule has 35 heavy (non-hydrogen) atoms. The monoisotopic (exact) mass is 478 g/mol. The van der Waals surface area contributed by atoms with E-state index in [-0.39, 0.29) is 29.7 Å². The van der Waals surface area contributed by atoms with E-state index in [2.05, 4.69) is 0 Å². The second-order valence-electron chi connectivity index (χ2n) is 9.06. The third kappa shape index (κ3) is 3.08. The normalized spacial score (nSPS) is 25.7. The molecule has 1 fully saturated rings. The van der Waals surface area contributed by atoms with E-state index in [9.17, 15) is 39.9 Å². The van der Waals surface area contributed by atoms with Gasteiger partial charge in [-0.1, -0.05) is 18.2 Å². The fraction of sp³-hybridized carbons (Fsp3) is 0.269. The van der Waals surface area contributed by atoms with Gasteiger partial charge >= 0.3 is 5.97 Å². The van der Waals surface area contributed by atoms with Crippen molar-refractivity contribution in [2.75, 3.05) is 7.11 Å². The summed E-state index contributed by atoms with van der Waals surface area (Å²) in [6.45, 7) is 0. The average molecular weight is 478 g/mol. The highest BCUT2D eigenvalue weighted by atomic mass is 16.5. The molecular weight excluding hydrogens is 456 g/mol. The molecular formula is C26H22O9. The number of ketones is 2. The number of fused-ring (bicyclic) bond motifs is 3. The predicted molar refractivity (Wildman–Crippen MR) is 122 cm³/mol. The van der Waals surface area contributed by atoms with Crippen molar-refractivity contribution in [1.29, 1.82) is 0 Å². The van der Waals surface area contributed by atoms with Gasteiger partial charge in [0, 0.05) is 17.9 Å². The Bertz CT molecular complexity index is 1370. The number of carboxylic acid groups (broad SMARTS) is 1. The summed E-state index contributed by atoms with van der Waals surface area (Å²) >= 11 is 0. The highest BCUT2D eigenvalue weighted by Crippen LogP contribution is 2.53. The van der Waals surface area contributed by atoms with Crippen molar-refractivity contribution >= 4 is 23.3 Å². The average Bonchev–Trinajstić information content (AvgIpc) is 2.81. The van der Waals surface area contributed by atoms with Crippen LogP contribution in [0.2, 0.25) is 0 Å². The first kappa shape index (κ1) is 22.7. The zero-order valence-corrected chi connectivity index (χ0v) is 18.6. The van der Waals surface area contributed by atoms with Crippen molar-refractivity contribution in [2.24, 2.45) is 11.8 Å². The van der Waals surface area contributed by atoms with Crippen molar-refractivity contribution in [1.82, 2.24) is 0 Å². The lowest BCUT2D eigenvalue weighted by Gasteiger charge is -2.46. The van der Waals surface area contributed by atoms with E-state index in [0.717, 1.165) is 11.1 Å². The molecule has 0 bridgehead atoms. The number of ether oxygens (including phenoxy) is 1. The zero-order valence-electron chi connectivity index (χ0n) is 18.6. The smallest absolute Gasteiger partial charge is 0.342 e. The number of carboxylic acids is 1. The number of aromatic hydroxyl groups is 1. The molecule has 0 spiro atoms. The number of phenols is 1. The number of aliphatic hydroxyl groups excluding tert-OH is 2. The third-order valence-electron chi connectivity index (χ3n) is 7.32. The maximum atomic E-state index is 13.5. The van der Waals surface area contributed by atoms with Crippen LogP contribution in [0.4, 0.5) is 0 Å². The summed E-state index contributed by atoms with van der Waals surface area (Å²) < 4.78 is 5.20. The maximum absolute atomic E-state index is 13.5. The van der Waals surface area contributed by atoms with Gasteiger partial charge in [0.2, 0.25) is 5.78 Å². The number of phenolic OH excluding ortho intramolecular Hbond substituents is 1. The third-order valence-corrected chi connectivity index (χ3v) is 7.32. The standard InChI is InChI=1S/C26H22O9/c1-35-14-4-2-11(3-5-14)15-6-7-17(27)20-16(15)9-12-8-13-10-18(28)21(25(32)33)24(31)26(13,34)23(30)19(12)22(20)29/h2-7,12-13,27,29,31,34H,8-10H2,1H3,(H,32,33)/t12-,13+,26+/m1/s1. The molecule has 5 rings (SSSR count). The van der Waals surface area contributed by atoms with Crippen LogP contribution in [0.3, 0.4) is 0 Å². The summed E-state index contributed by atoms with van der Waals surface area (Å²) in [6.07, 6.45) is -0.175. The Morgan fingerprint density at radius 2 is 1.71 bits per heavy atom. The van der Waals surface area contributed by atoms with Crippen LogP contribution in [-0.4, -0.2) is 55.8 Å². The van der Waals surface area contributed by atoms with E-state index < -0.39 is 58.5 Å². The van der Waals surface area contributed by atoms with Crippen LogP contribution in [0.1, 0.15) is 24.0 Å². The number of hydrogen-bond donors (Lipinski definition) is 5. The van der Waals surface area contributed by atoms with Gasteiger partial charge in [-0.3, -0.25) is 9.59 Å². The number of benzene rings is 2. The number of carbonyl (C=O) groups excluding carboxylic acids is 2. The molecule has 0 unspecified atom stereocenters. The first-order chi connectivity index (χ1) is 16.6. The van der Waals surface area contributed by atoms with Crippen LogP contribution in [0, 0.1) is 11.8 Å². The Morgan fingerprint density at radius 1 is 1.03 bits per heavy atom. The predicted octanol–water partition coefficient (Wildman–Crippen LogP) is 2.70. The fourth-order valence-electron chi connectivity index (χ4n) is 5.63. The molecule has 0 aliphatic heterocycles. The lowest BCUT2D eigenvalue weighted by molar-refractivity contribution is -0.149. The highest BCUT2D eigenvalue weighted by molar-refractivity contribution is 6.21. The minimum absolute atomic E-state index is 0.0359. The van der Waals surface area contributed by atoms with Gasteiger partial charge in [0.05, 0.1) is 12.7 Å². The van der Waals surface area contributed by atoms with Crippen LogP contribution < -0.4 is 4.74 Å². The molecule has 0 heterocycles. The van der Waals surface area contributed by atoms with Gasteiger partial charge in [-0.2, -0.15) is 0 Å². The van der Waals surface area contributed by atoms with E-state index in [4.69, 9.17) is 4.74 Å². The molecule has 3 aliphatic carbocycles. The quantitative estimate of drug-likeness (QED) is 0.418. The van der Waals surface area contributed by atoms with Crippen molar-refractivity contribution in [3.05, 3.63) is 64.4 Å². The largest absolute Gasteiger partial charge is 0.508 e. The van der Waals surface area contributed by atoms with Gasteiger partial charge < -0.3 is 30.3 Å². The second kappa shape index (κ2) is 7.71. The maximum Gasteiger partial charge on any atom is 0.342 e. The van der Waals surface area contributed by atoms with E-state index in [0.29, 0.717) is 11.3 Å². The molecule has 0 saturated heterocycles. The number of aliphatic hydroxyl groups is 3. The minimum Gasteiger partial charge on any atom is -0.508 e. The number of rotatable bonds is 3. The van der Waals surface area contributed by atoms with Crippen molar-refractivity contribution in [2.45, 2.75) is 24.9 Å². The summed E-state index contributed by atoms with van der Waals surface area (Å²) in [7, 11) is 1.55. The summed E-state index contributed by atoms with van der Waals surface area (Å²) in [5.74, 6) is -6.74. The molecule has 0 aromatic heterocycles. The molecule has 3 aliphatic rings. The van der Waals surface area contributed by atoms with Gasteiger partial charge in [-0.05, 0) is 53.6 Å². The number of Topliss-reactive ketones (excluding diaryl/α,β-unsaturated/α-hetero) is 2. The van der Waals surface area contributed by atoms with Gasteiger partial charge in [0.25, 0.3) is 0 Å². The molecule has 5 N–H and O–H groups in total. The molecule has 0 radical (unpaired) electrons. The van der Waals surface area contributed by atoms with Gasteiger partial charge in [0.1, 0.15) is 22.8 Å². The van der Waals surface area contributed by atoms with Crippen LogP contribution in [-0.2, 0) is 20.8 Å². The number of methoxy groups -OCH3 is 1. The van der Waals surface area contributed by atoms with Crippen molar-refractivity contribution < 1.29 is 44.7 Å². The van der Waals surface area contributed by atoms with Gasteiger partial charge in [0.15, 0.2) is 17.1 Å². The van der Waals surface area contributed by atoms with Gasteiger partial charge in [-0.15, -0.1) is 0 Å². The van der Waals surface area contributed by atoms with Crippen molar-refractivity contribution in [3.63, 3.8) is 0 Å². The number of carbonyl (C=O) groups is 3. The minimum atomic E-state index is -2.65. The van der Waals surface area contributed by atoms with Crippen LogP contribution in [0.5, 0.6) is 11.5 Å². The lowest BCUT2D eigenvalue weighted by Crippen LogP contribution is -2.58. The Kier molecular flexibility index (Phi) is 4.99. The van der Waals surface area contributed by atoms with E-state index in [1.165, 1.54) is 6.07 Å². The topological polar surface area (TPSA) is 162 Å². The molecule has 9 nitrogen and oxygen atoms in total. The summed E-state index contributed by atoms with van der Waals surface area (Å²) in [5, 5.41) is 52.8. The molecule has 3 atom stereocenters. The van der Waals surface area contributed by atoms with E-state index in [1.807, 2.05) is 12.1 Å².